The maximum Gasteiger partial charge on any atom is 0.251 e. The van der Waals surface area contributed by atoms with Crippen LogP contribution in [0.15, 0.2) is 53.4 Å². The van der Waals surface area contributed by atoms with Crippen molar-refractivity contribution in [3.8, 4) is 0 Å². The number of carbonyl (C=O) groups is 2. The number of hydrogen-bond acceptors (Lipinski definition) is 3. The van der Waals surface area contributed by atoms with E-state index < -0.39 is 0 Å². The predicted octanol–water partition coefficient (Wildman–Crippen LogP) is 2.66. The summed E-state index contributed by atoms with van der Waals surface area (Å²) in [4.78, 5) is 24.4. The highest BCUT2D eigenvalue weighted by atomic mass is 32.2. The predicted molar refractivity (Wildman–Crippen MR) is 83.4 cm³/mol. The Hall–Kier alpha value is -2.27. The minimum atomic E-state index is -0.105. The van der Waals surface area contributed by atoms with Crippen LogP contribution in [-0.2, 0) is 11.3 Å². The van der Waals surface area contributed by atoms with Crippen LogP contribution in [0.3, 0.4) is 0 Å². The average Bonchev–Trinajstić information content (AvgIpc) is 2.53. The van der Waals surface area contributed by atoms with Crippen molar-refractivity contribution in [2.45, 2.75) is 11.4 Å². The summed E-state index contributed by atoms with van der Waals surface area (Å²) in [5.41, 5.74) is 2.42. The number of amides is 2. The van der Waals surface area contributed by atoms with Gasteiger partial charge in [0, 0.05) is 17.0 Å². The van der Waals surface area contributed by atoms with Crippen LogP contribution in [0.1, 0.15) is 15.9 Å². The number of hydrogen-bond donors (Lipinski definition) is 2. The van der Waals surface area contributed by atoms with Crippen LogP contribution in [0.25, 0.3) is 0 Å². The summed E-state index contributed by atoms with van der Waals surface area (Å²) in [6.45, 7) is 0.432. The van der Waals surface area contributed by atoms with Gasteiger partial charge in [-0.25, -0.2) is 0 Å². The molecule has 2 aromatic carbocycles. The molecule has 0 spiro atoms. The minimum absolute atomic E-state index is 0.0120. The first-order valence-electron chi connectivity index (χ1n) is 6.61. The van der Waals surface area contributed by atoms with Crippen molar-refractivity contribution in [1.82, 2.24) is 5.32 Å². The Bertz CT molecular complexity index is 686. The quantitative estimate of drug-likeness (QED) is 0.916. The summed E-state index contributed by atoms with van der Waals surface area (Å²) in [7, 11) is 0. The SMILES string of the molecule is O=C1CSc2ccc(CNC(=O)c3ccccc3)cc2N1. The van der Waals surface area contributed by atoms with Gasteiger partial charge in [-0.3, -0.25) is 9.59 Å². The summed E-state index contributed by atoms with van der Waals surface area (Å²) in [6.07, 6.45) is 0. The zero-order valence-electron chi connectivity index (χ0n) is 11.3. The molecule has 1 aliphatic heterocycles. The second-order valence-electron chi connectivity index (χ2n) is 4.72. The van der Waals surface area contributed by atoms with Crippen molar-refractivity contribution >= 4 is 29.3 Å². The lowest BCUT2D eigenvalue weighted by atomic mass is 10.1. The maximum absolute atomic E-state index is 12.0. The van der Waals surface area contributed by atoms with Gasteiger partial charge < -0.3 is 10.6 Å². The Kier molecular flexibility index (Phi) is 3.92. The third-order valence-corrected chi connectivity index (χ3v) is 4.24. The lowest BCUT2D eigenvalue weighted by Crippen LogP contribution is -2.23. The lowest BCUT2D eigenvalue weighted by molar-refractivity contribution is -0.113. The third kappa shape index (κ3) is 3.25. The zero-order valence-corrected chi connectivity index (χ0v) is 12.1. The molecule has 2 amide bonds. The second kappa shape index (κ2) is 6.01. The van der Waals surface area contributed by atoms with E-state index in [-0.39, 0.29) is 11.8 Å². The van der Waals surface area contributed by atoms with Crippen LogP contribution >= 0.6 is 11.8 Å². The molecular weight excluding hydrogens is 284 g/mol. The van der Waals surface area contributed by atoms with Crippen molar-refractivity contribution in [2.75, 3.05) is 11.1 Å². The first-order valence-corrected chi connectivity index (χ1v) is 7.60. The molecular formula is C16H14N2O2S. The van der Waals surface area contributed by atoms with E-state index >= 15 is 0 Å². The highest BCUT2D eigenvalue weighted by molar-refractivity contribution is 8.00. The molecule has 21 heavy (non-hydrogen) atoms. The molecule has 0 radical (unpaired) electrons. The normalized spacial score (nSPS) is 13.2. The fraction of sp³-hybridized carbons (Fsp3) is 0.125. The molecule has 1 heterocycles. The van der Waals surface area contributed by atoms with Crippen molar-refractivity contribution in [1.29, 1.82) is 0 Å². The van der Waals surface area contributed by atoms with E-state index in [0.29, 0.717) is 17.9 Å². The summed E-state index contributed by atoms with van der Waals surface area (Å²) < 4.78 is 0. The highest BCUT2D eigenvalue weighted by Gasteiger charge is 2.15. The van der Waals surface area contributed by atoms with Crippen molar-refractivity contribution in [3.63, 3.8) is 0 Å². The largest absolute Gasteiger partial charge is 0.348 e. The molecule has 1 aliphatic rings. The topological polar surface area (TPSA) is 58.2 Å². The van der Waals surface area contributed by atoms with E-state index in [1.54, 1.807) is 12.1 Å². The van der Waals surface area contributed by atoms with E-state index in [2.05, 4.69) is 10.6 Å². The van der Waals surface area contributed by atoms with Gasteiger partial charge in [0.1, 0.15) is 0 Å². The Morgan fingerprint density at radius 3 is 2.81 bits per heavy atom. The van der Waals surface area contributed by atoms with Crippen LogP contribution < -0.4 is 10.6 Å². The van der Waals surface area contributed by atoms with Crippen molar-refractivity contribution < 1.29 is 9.59 Å². The number of benzene rings is 2. The standard InChI is InChI=1S/C16H14N2O2S/c19-15-10-21-14-7-6-11(8-13(14)18-15)9-17-16(20)12-4-2-1-3-5-12/h1-8H,9-10H2,(H,17,20)(H,18,19). The monoisotopic (exact) mass is 298 g/mol. The van der Waals surface area contributed by atoms with Gasteiger partial charge in [0.05, 0.1) is 11.4 Å². The minimum Gasteiger partial charge on any atom is -0.348 e. The van der Waals surface area contributed by atoms with Crippen LogP contribution in [0.4, 0.5) is 5.69 Å². The van der Waals surface area contributed by atoms with Crippen molar-refractivity contribution in [2.24, 2.45) is 0 Å². The lowest BCUT2D eigenvalue weighted by Gasteiger charge is -2.17. The van der Waals surface area contributed by atoms with Gasteiger partial charge in [-0.2, -0.15) is 0 Å². The molecule has 106 valence electrons. The molecule has 5 heteroatoms. The summed E-state index contributed by atoms with van der Waals surface area (Å²) in [5.74, 6) is 0.363. The van der Waals surface area contributed by atoms with Gasteiger partial charge in [-0.1, -0.05) is 24.3 Å². The summed E-state index contributed by atoms with van der Waals surface area (Å²) in [5, 5.41) is 5.72. The molecule has 2 aromatic rings. The fourth-order valence-electron chi connectivity index (χ4n) is 2.11. The number of thioether (sulfide) groups is 1. The van der Waals surface area contributed by atoms with E-state index in [4.69, 9.17) is 0 Å². The molecule has 0 bridgehead atoms. The van der Waals surface area contributed by atoms with E-state index in [1.807, 2.05) is 36.4 Å². The van der Waals surface area contributed by atoms with Crippen LogP contribution in [0.2, 0.25) is 0 Å². The molecule has 0 fully saturated rings. The number of carbonyl (C=O) groups excluding carboxylic acids is 2. The zero-order chi connectivity index (χ0) is 14.7. The van der Waals surface area contributed by atoms with E-state index in [0.717, 1.165) is 16.1 Å². The molecule has 0 saturated heterocycles. The van der Waals surface area contributed by atoms with Crippen LogP contribution in [-0.4, -0.2) is 17.6 Å². The van der Waals surface area contributed by atoms with E-state index in [9.17, 15) is 9.59 Å². The molecule has 0 saturated carbocycles. The molecule has 3 rings (SSSR count). The maximum atomic E-state index is 12.0. The van der Waals surface area contributed by atoms with Gasteiger partial charge in [-0.05, 0) is 29.8 Å². The summed E-state index contributed by atoms with van der Waals surface area (Å²) in [6, 6.07) is 14.9. The van der Waals surface area contributed by atoms with Gasteiger partial charge in [-0.15, -0.1) is 11.8 Å². The molecule has 4 nitrogen and oxygen atoms in total. The van der Waals surface area contributed by atoms with Gasteiger partial charge in [0.2, 0.25) is 5.91 Å². The number of fused-ring (bicyclic) bond motifs is 1. The molecule has 0 aromatic heterocycles. The number of anilines is 1. The number of rotatable bonds is 3. The molecule has 0 unspecified atom stereocenters. The summed E-state index contributed by atoms with van der Waals surface area (Å²) >= 11 is 1.53. The Balaban J connectivity index is 1.67. The van der Waals surface area contributed by atoms with Crippen molar-refractivity contribution in [3.05, 3.63) is 59.7 Å². The van der Waals surface area contributed by atoms with Gasteiger partial charge >= 0.3 is 0 Å². The fourth-order valence-corrected chi connectivity index (χ4v) is 2.90. The van der Waals surface area contributed by atoms with E-state index in [1.165, 1.54) is 11.8 Å². The smallest absolute Gasteiger partial charge is 0.251 e. The first-order chi connectivity index (χ1) is 10.2. The van der Waals surface area contributed by atoms with Gasteiger partial charge in [0.15, 0.2) is 0 Å². The molecule has 0 atom stereocenters. The molecule has 2 N–H and O–H groups in total. The second-order valence-corrected chi connectivity index (χ2v) is 5.73. The van der Waals surface area contributed by atoms with Crippen LogP contribution in [0, 0.1) is 0 Å². The van der Waals surface area contributed by atoms with Crippen LogP contribution in [0.5, 0.6) is 0 Å². The average molecular weight is 298 g/mol. The third-order valence-electron chi connectivity index (χ3n) is 3.17. The Morgan fingerprint density at radius 2 is 2.00 bits per heavy atom. The molecule has 0 aliphatic carbocycles. The highest BCUT2D eigenvalue weighted by Crippen LogP contribution is 2.31. The number of nitrogens with one attached hydrogen (secondary N) is 2. The Morgan fingerprint density at radius 1 is 1.19 bits per heavy atom. The first kappa shape index (κ1) is 13.7. The Labute approximate surface area is 126 Å². The van der Waals surface area contributed by atoms with Gasteiger partial charge in [0.25, 0.3) is 5.91 Å².